The molecule has 0 atom stereocenters. The zero-order valence-electron chi connectivity index (χ0n) is 4.88. The number of nitrogens with one attached hydrogen (secondary N) is 1. The molecule has 0 aromatic carbocycles. The summed E-state index contributed by atoms with van der Waals surface area (Å²) in [6.45, 7) is 1.81. The second-order valence-corrected chi connectivity index (χ2v) is 2.11. The molecule has 1 aromatic heterocycles. The van der Waals surface area contributed by atoms with Crippen LogP contribution in [0.5, 0.6) is 0 Å². The van der Waals surface area contributed by atoms with E-state index < -0.39 is 0 Å². The number of aromatic amines is 1. The Kier molecular flexibility index (Phi) is 1.57. The minimum absolute atomic E-state index is 0.331. The molecule has 1 N–H and O–H groups in total. The van der Waals surface area contributed by atoms with Crippen LogP contribution in [-0.4, -0.2) is 16.3 Å². The lowest BCUT2D eigenvalue weighted by atomic mass is 10.6. The number of imidazole rings is 1. The summed E-state index contributed by atoms with van der Waals surface area (Å²) in [7, 11) is 0. The molecule has 0 aliphatic rings. The number of carbonyl (C=O) groups excluding carboxylic acids is 1. The lowest BCUT2D eigenvalue weighted by molar-refractivity contribution is 0.111. The van der Waals surface area contributed by atoms with Crippen LogP contribution in [0.2, 0.25) is 0 Å². The molecule has 0 amide bonds. The molecule has 0 bridgehead atoms. The first-order valence-electron chi connectivity index (χ1n) is 2.45. The summed E-state index contributed by atoms with van der Waals surface area (Å²) in [6, 6.07) is 0. The van der Waals surface area contributed by atoms with E-state index in [1.54, 1.807) is 0 Å². The van der Waals surface area contributed by atoms with Crippen LogP contribution < -0.4 is 0 Å². The Hall–Kier alpha value is -0.770. The monoisotopic (exact) mass is 142 g/mol. The van der Waals surface area contributed by atoms with E-state index >= 15 is 0 Å². The number of aldehydes is 1. The minimum atomic E-state index is 0.331. The molecule has 1 heterocycles. The fourth-order valence-corrected chi connectivity index (χ4v) is 0.693. The Balaban J connectivity index is 3.11. The molecule has 1 rings (SSSR count). The number of rotatable bonds is 1. The molecule has 9 heavy (non-hydrogen) atoms. The second-order valence-electron chi connectivity index (χ2n) is 1.69. The summed E-state index contributed by atoms with van der Waals surface area (Å²) in [5.41, 5.74) is 0.820. The zero-order valence-corrected chi connectivity index (χ0v) is 5.77. The SMILES string of the molecule is Cc1[nH]c(C=O)nc1S. The third kappa shape index (κ3) is 1.13. The summed E-state index contributed by atoms with van der Waals surface area (Å²) in [6.07, 6.45) is 0.659. The molecule has 0 fully saturated rings. The van der Waals surface area contributed by atoms with Crippen molar-refractivity contribution in [1.82, 2.24) is 9.97 Å². The van der Waals surface area contributed by atoms with Crippen LogP contribution in [0.3, 0.4) is 0 Å². The molecule has 0 aliphatic heterocycles. The smallest absolute Gasteiger partial charge is 0.185 e. The first-order valence-corrected chi connectivity index (χ1v) is 2.89. The van der Waals surface area contributed by atoms with E-state index in [0.29, 0.717) is 17.1 Å². The molecule has 3 nitrogen and oxygen atoms in total. The summed E-state index contributed by atoms with van der Waals surface area (Å²) in [5, 5.41) is 0.581. The van der Waals surface area contributed by atoms with Crippen LogP contribution in [0.1, 0.15) is 16.3 Å². The van der Waals surface area contributed by atoms with Gasteiger partial charge in [-0.1, -0.05) is 0 Å². The maximum absolute atomic E-state index is 10.0. The maximum atomic E-state index is 10.0. The third-order valence-electron chi connectivity index (χ3n) is 0.989. The molecule has 4 heteroatoms. The number of H-pyrrole nitrogens is 1. The summed E-state index contributed by atoms with van der Waals surface area (Å²) in [4.78, 5) is 16.6. The largest absolute Gasteiger partial charge is 0.339 e. The van der Waals surface area contributed by atoms with E-state index in [2.05, 4.69) is 22.6 Å². The van der Waals surface area contributed by atoms with Crippen molar-refractivity contribution in [3.05, 3.63) is 11.5 Å². The first-order chi connectivity index (χ1) is 4.24. The van der Waals surface area contributed by atoms with Gasteiger partial charge in [0.25, 0.3) is 0 Å². The van der Waals surface area contributed by atoms with E-state index in [1.165, 1.54) is 0 Å². The van der Waals surface area contributed by atoms with Gasteiger partial charge in [-0.15, -0.1) is 12.6 Å². The molecule has 0 saturated carbocycles. The van der Waals surface area contributed by atoms with Crippen LogP contribution in [0, 0.1) is 6.92 Å². The van der Waals surface area contributed by atoms with E-state index in [9.17, 15) is 4.79 Å². The van der Waals surface area contributed by atoms with Gasteiger partial charge in [-0.3, -0.25) is 4.79 Å². The number of aromatic nitrogens is 2. The fraction of sp³-hybridized carbons (Fsp3) is 0.200. The first kappa shape index (κ1) is 6.35. The van der Waals surface area contributed by atoms with E-state index in [1.807, 2.05) is 6.92 Å². The third-order valence-corrected chi connectivity index (χ3v) is 1.42. The van der Waals surface area contributed by atoms with Gasteiger partial charge in [0.2, 0.25) is 0 Å². The van der Waals surface area contributed by atoms with Gasteiger partial charge < -0.3 is 4.98 Å². The lowest BCUT2D eigenvalue weighted by Gasteiger charge is -1.78. The Morgan fingerprint density at radius 1 is 1.78 bits per heavy atom. The van der Waals surface area contributed by atoms with Gasteiger partial charge in [0, 0.05) is 5.69 Å². The van der Waals surface area contributed by atoms with Crippen LogP contribution in [0.25, 0.3) is 0 Å². The maximum Gasteiger partial charge on any atom is 0.185 e. The minimum Gasteiger partial charge on any atom is -0.339 e. The van der Waals surface area contributed by atoms with Crippen molar-refractivity contribution in [2.75, 3.05) is 0 Å². The van der Waals surface area contributed by atoms with Crippen molar-refractivity contribution in [1.29, 1.82) is 0 Å². The van der Waals surface area contributed by atoms with Crippen molar-refractivity contribution in [2.24, 2.45) is 0 Å². The number of thiol groups is 1. The molecule has 0 saturated heterocycles. The van der Waals surface area contributed by atoms with Gasteiger partial charge in [0.1, 0.15) is 5.03 Å². The summed E-state index contributed by atoms with van der Waals surface area (Å²) < 4.78 is 0. The standard InChI is InChI=1S/C5H6N2OS/c1-3-5(9)7-4(2-8)6-3/h2,9H,1H3,(H,6,7). The van der Waals surface area contributed by atoms with E-state index in [0.717, 1.165) is 5.69 Å². The van der Waals surface area contributed by atoms with E-state index in [4.69, 9.17) is 0 Å². The normalized spacial score (nSPS) is 9.56. The lowest BCUT2D eigenvalue weighted by Crippen LogP contribution is -1.79. The fourth-order valence-electron chi connectivity index (χ4n) is 0.530. The van der Waals surface area contributed by atoms with Crippen molar-refractivity contribution < 1.29 is 4.79 Å². The Bertz CT molecular complexity index is 211. The quantitative estimate of drug-likeness (QED) is 0.450. The number of aryl methyl sites for hydroxylation is 1. The highest BCUT2D eigenvalue weighted by atomic mass is 32.1. The van der Waals surface area contributed by atoms with Gasteiger partial charge >= 0.3 is 0 Å². The van der Waals surface area contributed by atoms with Crippen molar-refractivity contribution in [3.63, 3.8) is 0 Å². The summed E-state index contributed by atoms with van der Waals surface area (Å²) >= 11 is 3.97. The Morgan fingerprint density at radius 3 is 2.67 bits per heavy atom. The van der Waals surface area contributed by atoms with Crippen LogP contribution >= 0.6 is 12.6 Å². The molecule has 0 aliphatic carbocycles. The molecular weight excluding hydrogens is 136 g/mol. The highest BCUT2D eigenvalue weighted by Gasteiger charge is 1.98. The predicted molar refractivity (Wildman–Crippen MR) is 36.0 cm³/mol. The zero-order chi connectivity index (χ0) is 6.85. The van der Waals surface area contributed by atoms with E-state index in [-0.39, 0.29) is 0 Å². The molecular formula is C5H6N2OS. The summed E-state index contributed by atoms with van der Waals surface area (Å²) in [5.74, 6) is 0.331. The highest BCUT2D eigenvalue weighted by Crippen LogP contribution is 2.06. The van der Waals surface area contributed by atoms with Crippen molar-refractivity contribution in [2.45, 2.75) is 11.9 Å². The van der Waals surface area contributed by atoms with Crippen LogP contribution in [0.15, 0.2) is 5.03 Å². The number of hydrogen-bond acceptors (Lipinski definition) is 3. The van der Waals surface area contributed by atoms with Crippen LogP contribution in [-0.2, 0) is 0 Å². The second kappa shape index (κ2) is 2.23. The number of nitrogens with zero attached hydrogens (tertiary/aromatic N) is 1. The molecule has 48 valence electrons. The molecule has 0 radical (unpaired) electrons. The molecule has 1 aromatic rings. The molecule has 0 spiro atoms. The van der Waals surface area contributed by atoms with Gasteiger partial charge in [0.15, 0.2) is 12.1 Å². The average Bonchev–Trinajstić information content (AvgIpc) is 2.13. The van der Waals surface area contributed by atoms with Crippen molar-refractivity contribution >= 4 is 18.9 Å². The van der Waals surface area contributed by atoms with Gasteiger partial charge in [-0.05, 0) is 6.92 Å². The van der Waals surface area contributed by atoms with Gasteiger partial charge in [0.05, 0.1) is 0 Å². The molecule has 0 unspecified atom stereocenters. The van der Waals surface area contributed by atoms with Gasteiger partial charge in [-0.2, -0.15) is 0 Å². The van der Waals surface area contributed by atoms with Crippen LogP contribution in [0.4, 0.5) is 0 Å². The Morgan fingerprint density at radius 2 is 2.44 bits per heavy atom. The average molecular weight is 142 g/mol. The highest BCUT2D eigenvalue weighted by molar-refractivity contribution is 7.80. The topological polar surface area (TPSA) is 45.8 Å². The van der Waals surface area contributed by atoms with Gasteiger partial charge in [-0.25, -0.2) is 4.98 Å². The van der Waals surface area contributed by atoms with Crippen molar-refractivity contribution in [3.8, 4) is 0 Å². The predicted octanol–water partition coefficient (Wildman–Crippen LogP) is 0.819. The number of carbonyl (C=O) groups is 1. The Labute approximate surface area is 57.9 Å². The number of hydrogen-bond donors (Lipinski definition) is 2.